The van der Waals surface area contributed by atoms with E-state index < -0.39 is 0 Å². The lowest BCUT2D eigenvalue weighted by atomic mass is 10.1. The van der Waals surface area contributed by atoms with Gasteiger partial charge < -0.3 is 20.1 Å². The highest BCUT2D eigenvalue weighted by atomic mass is 32.1. The zero-order valence-corrected chi connectivity index (χ0v) is 21.1. The Balaban J connectivity index is 1.41. The number of hydrogen-bond acceptors (Lipinski definition) is 6. The Kier molecular flexibility index (Phi) is 7.65. The van der Waals surface area contributed by atoms with E-state index in [4.69, 9.17) is 21.7 Å². The molecule has 1 saturated heterocycles. The van der Waals surface area contributed by atoms with Gasteiger partial charge in [0.25, 0.3) is 11.8 Å². The Labute approximate surface area is 214 Å². The van der Waals surface area contributed by atoms with Crippen LogP contribution in [0.15, 0.2) is 60.6 Å². The lowest BCUT2D eigenvalue weighted by Crippen LogP contribution is -2.29. The minimum absolute atomic E-state index is 0.178. The van der Waals surface area contributed by atoms with E-state index in [1.807, 2.05) is 44.3 Å². The number of hydrogen-bond donors (Lipinski definition) is 2. The zero-order valence-electron chi connectivity index (χ0n) is 20.3. The van der Waals surface area contributed by atoms with Gasteiger partial charge in [0.05, 0.1) is 19.9 Å². The number of nitrogens with one attached hydrogen (secondary N) is 2. The lowest BCUT2D eigenvalue weighted by molar-refractivity contribution is -0.122. The molecule has 0 saturated carbocycles. The molecule has 2 N–H and O–H groups in total. The molecule has 2 amide bonds. The highest BCUT2D eigenvalue weighted by Gasteiger charge is 2.31. The highest BCUT2D eigenvalue weighted by molar-refractivity contribution is 7.80. The predicted molar refractivity (Wildman–Crippen MR) is 140 cm³/mol. The summed E-state index contributed by atoms with van der Waals surface area (Å²) < 4.78 is 12.9. The number of amides is 2. The van der Waals surface area contributed by atoms with Gasteiger partial charge in [-0.3, -0.25) is 19.2 Å². The summed E-state index contributed by atoms with van der Waals surface area (Å²) in [5.74, 6) is 0.341. The number of thiocarbonyl (C=S) groups is 1. The molecule has 2 aromatic carbocycles. The summed E-state index contributed by atoms with van der Waals surface area (Å²) in [5.41, 5.74) is 3.66. The van der Waals surface area contributed by atoms with Crippen LogP contribution in [0.3, 0.4) is 0 Å². The van der Waals surface area contributed by atoms with Gasteiger partial charge in [-0.15, -0.1) is 0 Å². The first-order valence-electron chi connectivity index (χ1n) is 11.4. The Bertz CT molecular complexity index is 1330. The van der Waals surface area contributed by atoms with E-state index in [2.05, 4.69) is 15.7 Å². The fourth-order valence-corrected chi connectivity index (χ4v) is 3.92. The average molecular weight is 506 g/mol. The molecule has 0 bridgehead atoms. The normalized spacial score (nSPS) is 14.2. The zero-order chi connectivity index (χ0) is 25.7. The van der Waals surface area contributed by atoms with Gasteiger partial charge in [0, 0.05) is 24.0 Å². The number of rotatable bonds is 9. The summed E-state index contributed by atoms with van der Waals surface area (Å²) in [6.45, 7) is 4.82. The van der Waals surface area contributed by atoms with Gasteiger partial charge in [-0.25, -0.2) is 0 Å². The number of benzene rings is 2. The molecule has 10 heteroatoms. The van der Waals surface area contributed by atoms with Gasteiger partial charge in [0.2, 0.25) is 0 Å². The summed E-state index contributed by atoms with van der Waals surface area (Å²) >= 11 is 5.37. The molecule has 186 valence electrons. The molecule has 9 nitrogen and oxygen atoms in total. The highest BCUT2D eigenvalue weighted by Crippen LogP contribution is 2.29. The Morgan fingerprint density at radius 3 is 2.75 bits per heavy atom. The van der Waals surface area contributed by atoms with Crippen LogP contribution in [-0.2, 0) is 22.7 Å². The smallest absolute Gasteiger partial charge is 0.276 e. The monoisotopic (exact) mass is 505 g/mol. The van der Waals surface area contributed by atoms with Gasteiger partial charge in [0.15, 0.2) is 23.2 Å². The van der Waals surface area contributed by atoms with E-state index in [9.17, 15) is 9.59 Å². The molecule has 36 heavy (non-hydrogen) atoms. The van der Waals surface area contributed by atoms with Crippen LogP contribution in [0, 0.1) is 6.92 Å². The molecule has 1 fully saturated rings. The van der Waals surface area contributed by atoms with Crippen molar-refractivity contribution in [2.24, 2.45) is 0 Å². The van der Waals surface area contributed by atoms with Gasteiger partial charge in [-0.1, -0.05) is 24.3 Å². The maximum absolute atomic E-state index is 13.0. The van der Waals surface area contributed by atoms with E-state index in [1.54, 1.807) is 35.2 Å². The number of ether oxygens (including phenoxy) is 2. The molecule has 0 atom stereocenters. The van der Waals surface area contributed by atoms with E-state index >= 15 is 0 Å². The summed E-state index contributed by atoms with van der Waals surface area (Å²) in [4.78, 5) is 26.8. The fraction of sp³-hybridized carbons (Fsp3) is 0.231. The van der Waals surface area contributed by atoms with Gasteiger partial charge in [-0.2, -0.15) is 5.10 Å². The van der Waals surface area contributed by atoms with E-state index in [1.165, 1.54) is 12.0 Å². The number of aryl methyl sites for hydroxylation is 2. The van der Waals surface area contributed by atoms with E-state index in [0.29, 0.717) is 34.4 Å². The Hall–Kier alpha value is -4.18. The lowest BCUT2D eigenvalue weighted by Gasteiger charge is -2.12. The second kappa shape index (κ2) is 11.0. The molecule has 0 unspecified atom stereocenters. The maximum Gasteiger partial charge on any atom is 0.276 e. The second-order valence-corrected chi connectivity index (χ2v) is 8.53. The predicted octanol–water partition coefficient (Wildman–Crippen LogP) is 3.50. The molecule has 1 aliphatic rings. The third-order valence-corrected chi connectivity index (χ3v) is 5.91. The van der Waals surface area contributed by atoms with E-state index in [0.717, 1.165) is 23.4 Å². The molecule has 1 aromatic heterocycles. The third kappa shape index (κ3) is 5.72. The van der Waals surface area contributed by atoms with Gasteiger partial charge in [-0.05, 0) is 61.5 Å². The van der Waals surface area contributed by atoms with Crippen LogP contribution in [0.4, 0.5) is 5.69 Å². The van der Waals surface area contributed by atoms with Crippen LogP contribution in [0.1, 0.15) is 23.6 Å². The number of methoxy groups -OCH3 is 1. The summed E-state index contributed by atoms with van der Waals surface area (Å²) in [7, 11) is 1.51. The Morgan fingerprint density at radius 1 is 1.22 bits per heavy atom. The van der Waals surface area contributed by atoms with Crippen LogP contribution in [0.25, 0.3) is 6.08 Å². The first kappa shape index (κ1) is 24.9. The minimum Gasteiger partial charge on any atom is -0.493 e. The Morgan fingerprint density at radius 2 is 2.03 bits per heavy atom. The van der Waals surface area contributed by atoms with Gasteiger partial charge >= 0.3 is 0 Å². The largest absolute Gasteiger partial charge is 0.493 e. The van der Waals surface area contributed by atoms with Crippen molar-refractivity contribution in [1.29, 1.82) is 0 Å². The molecule has 1 aliphatic heterocycles. The van der Waals surface area contributed by atoms with Crippen molar-refractivity contribution in [3.63, 3.8) is 0 Å². The molecular weight excluding hydrogens is 478 g/mol. The topological polar surface area (TPSA) is 97.7 Å². The second-order valence-electron chi connectivity index (χ2n) is 8.15. The maximum atomic E-state index is 13.0. The fourth-order valence-electron chi connectivity index (χ4n) is 3.66. The van der Waals surface area contributed by atoms with Crippen LogP contribution < -0.4 is 20.1 Å². The van der Waals surface area contributed by atoms with Crippen molar-refractivity contribution in [2.45, 2.75) is 26.9 Å². The van der Waals surface area contributed by atoms with Crippen LogP contribution in [0.5, 0.6) is 11.5 Å². The molecule has 0 spiro atoms. The molecule has 4 rings (SSSR count). The summed E-state index contributed by atoms with van der Waals surface area (Å²) in [6, 6.07) is 12.7. The van der Waals surface area contributed by atoms with Gasteiger partial charge in [0.1, 0.15) is 5.70 Å². The number of aromatic nitrogens is 2. The van der Waals surface area contributed by atoms with E-state index in [-0.39, 0.29) is 18.4 Å². The van der Waals surface area contributed by atoms with Crippen LogP contribution in [-0.4, -0.2) is 45.3 Å². The van der Waals surface area contributed by atoms with Crippen molar-refractivity contribution in [1.82, 2.24) is 20.0 Å². The van der Waals surface area contributed by atoms with Crippen LogP contribution >= 0.6 is 12.2 Å². The minimum atomic E-state index is -0.281. The molecule has 2 heterocycles. The molecule has 3 aromatic rings. The SMILES string of the molecule is CCn1cc(CN2C(=O)/C(=C\c3ccc(OCC(=O)Nc4ccccc4C)c(OC)c3)NC2=S)cn1. The standard InChI is InChI=1S/C26H27N5O4S/c1-4-30-14-19(13-27-30)15-31-25(33)21(29-26(31)36)11-18-9-10-22(23(12-18)34-3)35-16-24(32)28-20-8-6-5-7-17(20)2/h5-14H,4,15-16H2,1-3H3,(H,28,32)(H,29,36)/b21-11+. The first-order chi connectivity index (χ1) is 17.4. The number of nitrogens with zero attached hydrogens (tertiary/aromatic N) is 3. The average Bonchev–Trinajstić information content (AvgIpc) is 3.44. The number of carbonyl (C=O) groups excluding carboxylic acids is 2. The summed E-state index contributed by atoms with van der Waals surface area (Å²) in [6.07, 6.45) is 5.32. The number of para-hydroxylation sites is 1. The van der Waals surface area contributed by atoms with Crippen molar-refractivity contribution >= 4 is 40.9 Å². The first-order valence-corrected chi connectivity index (χ1v) is 11.8. The molecule has 0 aliphatic carbocycles. The third-order valence-electron chi connectivity index (χ3n) is 5.59. The van der Waals surface area contributed by atoms with Crippen molar-refractivity contribution < 1.29 is 19.1 Å². The van der Waals surface area contributed by atoms with Crippen LogP contribution in [0.2, 0.25) is 0 Å². The number of carbonyl (C=O) groups is 2. The number of anilines is 1. The summed E-state index contributed by atoms with van der Waals surface area (Å²) in [5, 5.41) is 10.4. The van der Waals surface area contributed by atoms with Crippen molar-refractivity contribution in [3.8, 4) is 11.5 Å². The molecule has 0 radical (unpaired) electrons. The quantitative estimate of drug-likeness (QED) is 0.339. The van der Waals surface area contributed by atoms with Crippen molar-refractivity contribution in [3.05, 3.63) is 77.2 Å². The molecular formula is C26H27N5O4S. The van der Waals surface area contributed by atoms with Crippen molar-refractivity contribution in [2.75, 3.05) is 19.0 Å².